The number of amides is 1. The third kappa shape index (κ3) is 2.31. The molecule has 1 aliphatic carbocycles. The highest BCUT2D eigenvalue weighted by molar-refractivity contribution is 7.90. The van der Waals surface area contributed by atoms with Crippen molar-refractivity contribution >= 4 is 15.9 Å². The van der Waals surface area contributed by atoms with Gasteiger partial charge in [-0.15, -0.1) is 0 Å². The fourth-order valence-corrected chi connectivity index (χ4v) is 3.21. The molecule has 1 heterocycles. The summed E-state index contributed by atoms with van der Waals surface area (Å²) in [5, 5.41) is -0.506. The predicted octanol–water partition coefficient (Wildman–Crippen LogP) is -0.00260. The van der Waals surface area contributed by atoms with Crippen molar-refractivity contribution < 1.29 is 13.2 Å². The molecule has 1 aromatic heterocycles. The maximum absolute atomic E-state index is 11.8. The zero-order valence-electron chi connectivity index (χ0n) is 9.92. The van der Waals surface area contributed by atoms with Gasteiger partial charge >= 0.3 is 0 Å². The van der Waals surface area contributed by atoms with Crippen LogP contribution in [0, 0.1) is 0 Å². The van der Waals surface area contributed by atoms with E-state index in [4.69, 9.17) is 0 Å². The number of aryl methyl sites for hydroxylation is 1. The molecule has 1 aliphatic rings. The van der Waals surface area contributed by atoms with Crippen LogP contribution < -0.4 is 10.3 Å². The van der Waals surface area contributed by atoms with Crippen molar-refractivity contribution in [1.82, 2.24) is 9.29 Å². The zero-order valence-corrected chi connectivity index (χ0v) is 10.7. The normalized spacial score (nSPS) is 16.1. The number of nitrogens with zero attached hydrogens (tertiary/aromatic N) is 1. The first-order valence-corrected chi connectivity index (χ1v) is 7.18. The van der Waals surface area contributed by atoms with Gasteiger partial charge in [-0.3, -0.25) is 9.59 Å². The number of aromatic nitrogens is 1. The number of sulfonamides is 1. The molecule has 1 fully saturated rings. The smallest absolute Gasteiger partial charge is 0.270 e. The highest BCUT2D eigenvalue weighted by atomic mass is 32.2. The molecular formula is C11H14N2O4S. The Morgan fingerprint density at radius 3 is 2.67 bits per heavy atom. The zero-order chi connectivity index (χ0) is 13.3. The molecule has 0 spiro atoms. The van der Waals surface area contributed by atoms with Crippen LogP contribution in [-0.2, 0) is 17.1 Å². The standard InChI is InChI=1S/C11H14N2O4S/c1-13-7-3-6-9(11(13)15)10(14)12-18(16,17)8-4-2-5-8/h3,6-8H,2,4-5H2,1H3,(H,12,14). The number of nitrogens with one attached hydrogen (secondary N) is 1. The highest BCUT2D eigenvalue weighted by Crippen LogP contribution is 2.25. The Hall–Kier alpha value is -1.63. The van der Waals surface area contributed by atoms with Gasteiger partial charge in [0.2, 0.25) is 10.0 Å². The van der Waals surface area contributed by atoms with E-state index >= 15 is 0 Å². The third-order valence-corrected chi connectivity index (χ3v) is 4.91. The Balaban J connectivity index is 2.22. The second-order valence-corrected chi connectivity index (χ2v) is 6.33. The molecule has 0 aliphatic heterocycles. The summed E-state index contributed by atoms with van der Waals surface area (Å²) in [6, 6.07) is 2.83. The first-order valence-electron chi connectivity index (χ1n) is 5.63. The van der Waals surface area contributed by atoms with E-state index < -0.39 is 26.7 Å². The fraction of sp³-hybridized carbons (Fsp3) is 0.455. The first kappa shape index (κ1) is 12.8. The van der Waals surface area contributed by atoms with Gasteiger partial charge in [0, 0.05) is 13.2 Å². The van der Waals surface area contributed by atoms with E-state index in [1.807, 2.05) is 4.72 Å². The molecule has 98 valence electrons. The van der Waals surface area contributed by atoms with Crippen molar-refractivity contribution in [3.8, 4) is 0 Å². The number of pyridine rings is 1. The third-order valence-electron chi connectivity index (χ3n) is 3.09. The Labute approximate surface area is 105 Å². The minimum Gasteiger partial charge on any atom is -0.318 e. The molecule has 0 radical (unpaired) electrons. The summed E-state index contributed by atoms with van der Waals surface area (Å²) in [7, 11) is -2.15. The van der Waals surface area contributed by atoms with Gasteiger partial charge in [0.15, 0.2) is 0 Å². The number of rotatable bonds is 3. The van der Waals surface area contributed by atoms with Gasteiger partial charge in [-0.25, -0.2) is 13.1 Å². The Kier molecular flexibility index (Phi) is 3.25. The van der Waals surface area contributed by atoms with E-state index in [0.717, 1.165) is 6.42 Å². The summed E-state index contributed by atoms with van der Waals surface area (Å²) >= 11 is 0. The van der Waals surface area contributed by atoms with Gasteiger partial charge < -0.3 is 4.57 Å². The van der Waals surface area contributed by atoms with Crippen LogP contribution in [0.15, 0.2) is 23.1 Å². The second-order valence-electron chi connectivity index (χ2n) is 4.37. The lowest BCUT2D eigenvalue weighted by atomic mass is 10.0. The van der Waals surface area contributed by atoms with Gasteiger partial charge in [0.05, 0.1) is 5.25 Å². The van der Waals surface area contributed by atoms with Crippen molar-refractivity contribution in [2.24, 2.45) is 7.05 Å². The molecule has 1 amide bonds. The summed E-state index contributed by atoms with van der Waals surface area (Å²) in [6.45, 7) is 0. The maximum atomic E-state index is 11.8. The minimum absolute atomic E-state index is 0.164. The summed E-state index contributed by atoms with van der Waals surface area (Å²) < 4.78 is 26.7. The molecule has 1 saturated carbocycles. The number of hydrogen-bond acceptors (Lipinski definition) is 4. The van der Waals surface area contributed by atoms with E-state index in [1.54, 1.807) is 0 Å². The van der Waals surface area contributed by atoms with Crippen LogP contribution >= 0.6 is 0 Å². The van der Waals surface area contributed by atoms with E-state index in [-0.39, 0.29) is 5.56 Å². The van der Waals surface area contributed by atoms with Crippen molar-refractivity contribution in [2.75, 3.05) is 0 Å². The van der Waals surface area contributed by atoms with Crippen LogP contribution in [0.3, 0.4) is 0 Å². The average molecular weight is 270 g/mol. The van der Waals surface area contributed by atoms with E-state index in [2.05, 4.69) is 0 Å². The Bertz CT molecular complexity index is 629. The molecule has 2 rings (SSSR count). The summed E-state index contributed by atoms with van der Waals surface area (Å²) in [6.07, 6.45) is 3.48. The molecule has 6 nitrogen and oxygen atoms in total. The van der Waals surface area contributed by atoms with Crippen molar-refractivity contribution in [2.45, 2.75) is 24.5 Å². The predicted molar refractivity (Wildman–Crippen MR) is 65.7 cm³/mol. The number of carbonyl (C=O) groups excluding carboxylic acids is 1. The summed E-state index contributed by atoms with van der Waals surface area (Å²) in [5.41, 5.74) is -0.679. The Morgan fingerprint density at radius 1 is 1.44 bits per heavy atom. The van der Waals surface area contributed by atoms with Crippen LogP contribution in [0.2, 0.25) is 0 Å². The molecule has 0 saturated heterocycles. The van der Waals surface area contributed by atoms with Crippen LogP contribution in [0.4, 0.5) is 0 Å². The largest absolute Gasteiger partial charge is 0.318 e. The van der Waals surface area contributed by atoms with Crippen molar-refractivity contribution in [1.29, 1.82) is 0 Å². The number of hydrogen-bond donors (Lipinski definition) is 1. The molecular weight excluding hydrogens is 256 g/mol. The lowest BCUT2D eigenvalue weighted by Crippen LogP contribution is -2.43. The molecule has 18 heavy (non-hydrogen) atoms. The van der Waals surface area contributed by atoms with E-state index in [0.29, 0.717) is 12.8 Å². The van der Waals surface area contributed by atoms with Crippen LogP contribution in [-0.4, -0.2) is 24.1 Å². The SMILES string of the molecule is Cn1cccc(C(=O)NS(=O)(=O)C2CCC2)c1=O. The highest BCUT2D eigenvalue weighted by Gasteiger charge is 2.33. The van der Waals surface area contributed by atoms with Crippen LogP contribution in [0.25, 0.3) is 0 Å². The van der Waals surface area contributed by atoms with Gasteiger partial charge in [0.25, 0.3) is 11.5 Å². The first-order chi connectivity index (χ1) is 8.42. The van der Waals surface area contributed by atoms with Gasteiger partial charge in [-0.2, -0.15) is 0 Å². The topological polar surface area (TPSA) is 85.2 Å². The second kappa shape index (κ2) is 4.56. The van der Waals surface area contributed by atoms with Crippen LogP contribution in [0.5, 0.6) is 0 Å². The van der Waals surface area contributed by atoms with Gasteiger partial charge in [-0.05, 0) is 25.0 Å². The van der Waals surface area contributed by atoms with Crippen LogP contribution in [0.1, 0.15) is 29.6 Å². The molecule has 0 unspecified atom stereocenters. The molecule has 0 bridgehead atoms. The number of carbonyl (C=O) groups is 1. The van der Waals surface area contributed by atoms with E-state index in [9.17, 15) is 18.0 Å². The maximum Gasteiger partial charge on any atom is 0.270 e. The lowest BCUT2D eigenvalue weighted by molar-refractivity contribution is 0.0978. The Morgan fingerprint density at radius 2 is 2.11 bits per heavy atom. The van der Waals surface area contributed by atoms with Gasteiger partial charge in [0.1, 0.15) is 5.56 Å². The van der Waals surface area contributed by atoms with Gasteiger partial charge in [-0.1, -0.05) is 6.42 Å². The summed E-state index contributed by atoms with van der Waals surface area (Å²) in [5.74, 6) is -0.858. The lowest BCUT2D eigenvalue weighted by Gasteiger charge is -2.24. The molecule has 7 heteroatoms. The quantitative estimate of drug-likeness (QED) is 0.837. The minimum atomic E-state index is -3.65. The molecule has 0 aromatic carbocycles. The van der Waals surface area contributed by atoms with Crippen molar-refractivity contribution in [3.63, 3.8) is 0 Å². The summed E-state index contributed by atoms with van der Waals surface area (Å²) in [4.78, 5) is 23.4. The molecule has 0 atom stereocenters. The van der Waals surface area contributed by atoms with Crippen molar-refractivity contribution in [3.05, 3.63) is 34.2 Å². The monoisotopic (exact) mass is 270 g/mol. The molecule has 1 aromatic rings. The van der Waals surface area contributed by atoms with E-state index in [1.165, 1.54) is 29.9 Å². The fourth-order valence-electron chi connectivity index (χ4n) is 1.72. The molecule has 1 N–H and O–H groups in total. The average Bonchev–Trinajstić information content (AvgIpc) is 2.17.